The standard InChI is InChI=1S/C19H20N2O5S/c1-4-25-12-5-7-13(8-6-12)26-11-18(22)21-19-20-14-9-15(23-2)16(24-3)10-17(14)27-19/h5-10H,4,11H2,1-3H3,(H,20,21,22). The summed E-state index contributed by atoms with van der Waals surface area (Å²) in [6, 6.07) is 10.7. The second kappa shape index (κ2) is 8.59. The molecule has 7 nitrogen and oxygen atoms in total. The molecule has 8 heteroatoms. The van der Waals surface area contributed by atoms with E-state index in [2.05, 4.69) is 10.3 Å². The second-order valence-electron chi connectivity index (χ2n) is 5.44. The third-order valence-electron chi connectivity index (χ3n) is 3.64. The minimum Gasteiger partial charge on any atom is -0.494 e. The van der Waals surface area contributed by atoms with Crippen molar-refractivity contribution in [1.82, 2.24) is 4.98 Å². The lowest BCUT2D eigenvalue weighted by Crippen LogP contribution is -2.19. The highest BCUT2D eigenvalue weighted by Crippen LogP contribution is 2.36. The smallest absolute Gasteiger partial charge is 0.264 e. The lowest BCUT2D eigenvalue weighted by molar-refractivity contribution is -0.118. The van der Waals surface area contributed by atoms with Gasteiger partial charge in [-0.15, -0.1) is 0 Å². The van der Waals surface area contributed by atoms with E-state index < -0.39 is 0 Å². The zero-order valence-corrected chi connectivity index (χ0v) is 16.1. The van der Waals surface area contributed by atoms with Gasteiger partial charge in [-0.25, -0.2) is 4.98 Å². The number of methoxy groups -OCH3 is 2. The van der Waals surface area contributed by atoms with Crippen LogP contribution in [0.3, 0.4) is 0 Å². The molecule has 3 rings (SSSR count). The Hall–Kier alpha value is -3.00. The number of amides is 1. The Morgan fingerprint density at radius 1 is 1.04 bits per heavy atom. The molecule has 3 aromatic rings. The molecular formula is C19H20N2O5S. The van der Waals surface area contributed by atoms with E-state index in [4.69, 9.17) is 18.9 Å². The van der Waals surface area contributed by atoms with Crippen molar-refractivity contribution in [2.24, 2.45) is 0 Å². The van der Waals surface area contributed by atoms with Gasteiger partial charge >= 0.3 is 0 Å². The van der Waals surface area contributed by atoms with Crippen LogP contribution in [-0.4, -0.2) is 38.3 Å². The molecule has 0 saturated carbocycles. The third-order valence-corrected chi connectivity index (χ3v) is 4.58. The Balaban J connectivity index is 1.61. The minimum absolute atomic E-state index is 0.115. The zero-order chi connectivity index (χ0) is 19.2. The Labute approximate surface area is 160 Å². The van der Waals surface area contributed by atoms with Crippen molar-refractivity contribution in [3.8, 4) is 23.0 Å². The highest BCUT2D eigenvalue weighted by Gasteiger charge is 2.12. The van der Waals surface area contributed by atoms with Gasteiger partial charge < -0.3 is 18.9 Å². The number of fused-ring (bicyclic) bond motifs is 1. The van der Waals surface area contributed by atoms with Gasteiger partial charge in [0.2, 0.25) is 0 Å². The number of carbonyl (C=O) groups excluding carboxylic acids is 1. The van der Waals surface area contributed by atoms with Crippen LogP contribution in [0, 0.1) is 0 Å². The van der Waals surface area contributed by atoms with E-state index >= 15 is 0 Å². The van der Waals surface area contributed by atoms with Crippen molar-refractivity contribution >= 4 is 32.6 Å². The number of nitrogens with zero attached hydrogens (tertiary/aromatic N) is 1. The number of hydrogen-bond acceptors (Lipinski definition) is 7. The average Bonchev–Trinajstić information content (AvgIpc) is 3.07. The normalized spacial score (nSPS) is 10.5. The molecule has 1 aromatic heterocycles. The summed E-state index contributed by atoms with van der Waals surface area (Å²) in [6.07, 6.45) is 0. The van der Waals surface area contributed by atoms with Crippen LogP contribution in [0.4, 0.5) is 5.13 Å². The summed E-state index contributed by atoms with van der Waals surface area (Å²) in [6.45, 7) is 2.40. The van der Waals surface area contributed by atoms with Crippen LogP contribution in [-0.2, 0) is 4.79 Å². The minimum atomic E-state index is -0.290. The number of thiazole rings is 1. The number of benzene rings is 2. The quantitative estimate of drug-likeness (QED) is 0.633. The van der Waals surface area contributed by atoms with Gasteiger partial charge in [-0.05, 0) is 31.2 Å². The van der Waals surface area contributed by atoms with Crippen molar-refractivity contribution in [2.75, 3.05) is 32.8 Å². The van der Waals surface area contributed by atoms with Crippen LogP contribution in [0.25, 0.3) is 10.2 Å². The molecule has 0 aliphatic carbocycles. The van der Waals surface area contributed by atoms with E-state index in [9.17, 15) is 4.79 Å². The zero-order valence-electron chi connectivity index (χ0n) is 15.3. The first kappa shape index (κ1) is 18.8. The Morgan fingerprint density at radius 3 is 2.30 bits per heavy atom. The fourth-order valence-corrected chi connectivity index (χ4v) is 3.30. The molecule has 1 N–H and O–H groups in total. The third kappa shape index (κ3) is 4.59. The lowest BCUT2D eigenvalue weighted by atomic mass is 10.3. The monoisotopic (exact) mass is 388 g/mol. The SMILES string of the molecule is CCOc1ccc(OCC(=O)Nc2nc3cc(OC)c(OC)cc3s2)cc1. The van der Waals surface area contributed by atoms with Crippen molar-refractivity contribution < 1.29 is 23.7 Å². The van der Waals surface area contributed by atoms with Gasteiger partial charge in [0.1, 0.15) is 11.5 Å². The average molecular weight is 388 g/mol. The number of carbonyl (C=O) groups is 1. The predicted molar refractivity (Wildman–Crippen MR) is 104 cm³/mol. The Morgan fingerprint density at radius 2 is 1.67 bits per heavy atom. The number of ether oxygens (including phenoxy) is 4. The summed E-state index contributed by atoms with van der Waals surface area (Å²) in [7, 11) is 3.14. The molecule has 1 heterocycles. The Kier molecular flexibility index (Phi) is 5.97. The topological polar surface area (TPSA) is 78.9 Å². The van der Waals surface area contributed by atoms with E-state index in [1.807, 2.05) is 13.0 Å². The molecule has 0 fully saturated rings. The van der Waals surface area contributed by atoms with Crippen LogP contribution in [0.5, 0.6) is 23.0 Å². The first-order chi connectivity index (χ1) is 13.1. The predicted octanol–water partition coefficient (Wildman–Crippen LogP) is 3.73. The number of hydrogen-bond donors (Lipinski definition) is 1. The van der Waals surface area contributed by atoms with E-state index in [-0.39, 0.29) is 12.5 Å². The molecule has 0 unspecified atom stereocenters. The van der Waals surface area contributed by atoms with E-state index in [0.29, 0.717) is 29.0 Å². The molecule has 142 valence electrons. The summed E-state index contributed by atoms with van der Waals surface area (Å²) >= 11 is 1.35. The van der Waals surface area contributed by atoms with Gasteiger partial charge in [0, 0.05) is 12.1 Å². The molecule has 0 aliphatic rings. The van der Waals surface area contributed by atoms with E-state index in [1.165, 1.54) is 11.3 Å². The fraction of sp³-hybridized carbons (Fsp3) is 0.263. The first-order valence-corrected chi connectivity index (χ1v) is 9.12. The molecule has 0 atom stereocenters. The number of nitrogens with one attached hydrogen (secondary N) is 1. The molecule has 27 heavy (non-hydrogen) atoms. The molecule has 2 aromatic carbocycles. The maximum atomic E-state index is 12.1. The van der Waals surface area contributed by atoms with Crippen molar-refractivity contribution in [3.05, 3.63) is 36.4 Å². The van der Waals surface area contributed by atoms with Gasteiger partial charge in [-0.3, -0.25) is 10.1 Å². The Bertz CT molecular complexity index is 883. The summed E-state index contributed by atoms with van der Waals surface area (Å²) in [5.74, 6) is 2.27. The summed E-state index contributed by atoms with van der Waals surface area (Å²) in [4.78, 5) is 16.5. The maximum Gasteiger partial charge on any atom is 0.264 e. The van der Waals surface area contributed by atoms with Crippen LogP contribution >= 0.6 is 11.3 Å². The van der Waals surface area contributed by atoms with E-state index in [1.54, 1.807) is 44.6 Å². The van der Waals surface area contributed by atoms with Crippen molar-refractivity contribution in [2.45, 2.75) is 6.92 Å². The van der Waals surface area contributed by atoms with E-state index in [0.717, 1.165) is 16.0 Å². The second-order valence-corrected chi connectivity index (χ2v) is 6.47. The van der Waals surface area contributed by atoms with Gasteiger partial charge in [-0.2, -0.15) is 0 Å². The fourth-order valence-electron chi connectivity index (χ4n) is 2.41. The van der Waals surface area contributed by atoms with Gasteiger partial charge in [0.05, 0.1) is 31.0 Å². The number of aromatic nitrogens is 1. The molecule has 0 spiro atoms. The molecule has 0 radical (unpaired) electrons. The highest BCUT2D eigenvalue weighted by molar-refractivity contribution is 7.22. The summed E-state index contributed by atoms with van der Waals surface area (Å²) < 4.78 is 22.3. The van der Waals surface area contributed by atoms with Crippen molar-refractivity contribution in [3.63, 3.8) is 0 Å². The molecule has 0 saturated heterocycles. The van der Waals surface area contributed by atoms with Crippen LogP contribution in [0.2, 0.25) is 0 Å². The lowest BCUT2D eigenvalue weighted by Gasteiger charge is -2.07. The summed E-state index contributed by atoms with van der Waals surface area (Å²) in [5.41, 5.74) is 0.723. The number of anilines is 1. The summed E-state index contributed by atoms with van der Waals surface area (Å²) in [5, 5.41) is 3.23. The van der Waals surface area contributed by atoms with Crippen LogP contribution < -0.4 is 24.3 Å². The van der Waals surface area contributed by atoms with Crippen LogP contribution in [0.15, 0.2) is 36.4 Å². The number of rotatable bonds is 8. The van der Waals surface area contributed by atoms with Crippen molar-refractivity contribution in [1.29, 1.82) is 0 Å². The van der Waals surface area contributed by atoms with Gasteiger partial charge in [0.15, 0.2) is 23.2 Å². The first-order valence-electron chi connectivity index (χ1n) is 8.31. The highest BCUT2D eigenvalue weighted by atomic mass is 32.1. The largest absolute Gasteiger partial charge is 0.494 e. The van der Waals surface area contributed by atoms with Gasteiger partial charge in [0.25, 0.3) is 5.91 Å². The molecule has 1 amide bonds. The molecule has 0 bridgehead atoms. The van der Waals surface area contributed by atoms with Gasteiger partial charge in [-0.1, -0.05) is 11.3 Å². The molecular weight excluding hydrogens is 368 g/mol. The maximum absolute atomic E-state index is 12.1. The molecule has 0 aliphatic heterocycles. The van der Waals surface area contributed by atoms with Crippen LogP contribution in [0.1, 0.15) is 6.92 Å².